The Labute approximate surface area is 110 Å². The molecule has 0 amide bonds. The SMILES string of the molecule is Fc1cc(F)c(F)c(OCc2ccc(Cl)nc2)c1F. The van der Waals surface area contributed by atoms with Gasteiger partial charge in [-0.2, -0.15) is 8.78 Å². The lowest BCUT2D eigenvalue weighted by atomic mass is 10.2. The number of ether oxygens (including phenoxy) is 1. The van der Waals surface area contributed by atoms with Crippen LogP contribution in [0, 0.1) is 23.3 Å². The minimum Gasteiger partial charge on any atom is -0.483 e. The summed E-state index contributed by atoms with van der Waals surface area (Å²) in [6.45, 7) is -0.305. The molecular formula is C12H6ClF4NO. The zero-order chi connectivity index (χ0) is 14.0. The van der Waals surface area contributed by atoms with Crippen molar-refractivity contribution in [1.29, 1.82) is 0 Å². The van der Waals surface area contributed by atoms with Gasteiger partial charge in [-0.1, -0.05) is 17.7 Å². The van der Waals surface area contributed by atoms with Crippen molar-refractivity contribution in [1.82, 2.24) is 4.98 Å². The summed E-state index contributed by atoms with van der Waals surface area (Å²) >= 11 is 5.55. The Morgan fingerprint density at radius 2 is 1.68 bits per heavy atom. The third-order valence-electron chi connectivity index (χ3n) is 2.24. The fourth-order valence-electron chi connectivity index (χ4n) is 1.33. The van der Waals surface area contributed by atoms with E-state index in [1.54, 1.807) is 0 Å². The van der Waals surface area contributed by atoms with Crippen LogP contribution in [0.2, 0.25) is 5.15 Å². The zero-order valence-corrected chi connectivity index (χ0v) is 10.0. The molecule has 0 fully saturated rings. The quantitative estimate of drug-likeness (QED) is 0.486. The molecule has 0 radical (unpaired) electrons. The summed E-state index contributed by atoms with van der Waals surface area (Å²) < 4.78 is 57.1. The molecule has 2 aromatic rings. The van der Waals surface area contributed by atoms with Gasteiger partial charge in [0.2, 0.25) is 11.6 Å². The number of nitrogens with zero attached hydrogens (tertiary/aromatic N) is 1. The number of halogens is 5. The van der Waals surface area contributed by atoms with E-state index < -0.39 is 29.0 Å². The number of benzene rings is 1. The summed E-state index contributed by atoms with van der Waals surface area (Å²) in [6, 6.07) is 3.06. The first-order valence-electron chi connectivity index (χ1n) is 5.05. The Morgan fingerprint density at radius 1 is 1.05 bits per heavy atom. The second-order valence-electron chi connectivity index (χ2n) is 3.58. The first-order valence-corrected chi connectivity index (χ1v) is 5.43. The van der Waals surface area contributed by atoms with E-state index >= 15 is 0 Å². The average molecular weight is 292 g/mol. The van der Waals surface area contributed by atoms with Crippen molar-refractivity contribution in [2.45, 2.75) is 6.61 Å². The Balaban J connectivity index is 2.22. The van der Waals surface area contributed by atoms with Crippen LogP contribution in [-0.2, 0) is 6.61 Å². The minimum absolute atomic E-state index is 0.112. The first kappa shape index (κ1) is 13.6. The van der Waals surface area contributed by atoms with Crippen molar-refractivity contribution in [2.24, 2.45) is 0 Å². The van der Waals surface area contributed by atoms with Crippen molar-refractivity contribution in [2.75, 3.05) is 0 Å². The molecule has 1 aromatic carbocycles. The number of rotatable bonds is 3. The van der Waals surface area contributed by atoms with E-state index in [4.69, 9.17) is 16.3 Å². The van der Waals surface area contributed by atoms with Gasteiger partial charge >= 0.3 is 0 Å². The summed E-state index contributed by atoms with van der Waals surface area (Å²) in [6.07, 6.45) is 1.31. The normalized spacial score (nSPS) is 10.6. The maximum absolute atomic E-state index is 13.3. The number of hydrogen-bond acceptors (Lipinski definition) is 2. The molecule has 0 bridgehead atoms. The summed E-state index contributed by atoms with van der Waals surface area (Å²) in [5.74, 6) is -7.32. The van der Waals surface area contributed by atoms with Crippen LogP contribution in [0.15, 0.2) is 24.4 Å². The van der Waals surface area contributed by atoms with Crippen LogP contribution in [0.1, 0.15) is 5.56 Å². The van der Waals surface area contributed by atoms with Crippen LogP contribution < -0.4 is 4.74 Å². The van der Waals surface area contributed by atoms with Gasteiger partial charge in [-0.3, -0.25) is 0 Å². The maximum atomic E-state index is 13.3. The molecule has 0 atom stereocenters. The largest absolute Gasteiger partial charge is 0.483 e. The predicted octanol–water partition coefficient (Wildman–Crippen LogP) is 3.87. The van der Waals surface area contributed by atoms with Gasteiger partial charge < -0.3 is 4.74 Å². The minimum atomic E-state index is -1.58. The topological polar surface area (TPSA) is 22.1 Å². The average Bonchev–Trinajstić information content (AvgIpc) is 2.38. The summed E-state index contributed by atoms with van der Waals surface area (Å²) in [5, 5.41) is 0.234. The molecule has 0 aliphatic carbocycles. The second-order valence-corrected chi connectivity index (χ2v) is 3.96. The van der Waals surface area contributed by atoms with Gasteiger partial charge in [-0.25, -0.2) is 13.8 Å². The fraction of sp³-hybridized carbons (Fsp3) is 0.0833. The number of hydrogen-bond donors (Lipinski definition) is 0. The molecule has 19 heavy (non-hydrogen) atoms. The molecule has 0 saturated carbocycles. The van der Waals surface area contributed by atoms with Crippen LogP contribution in [-0.4, -0.2) is 4.98 Å². The Kier molecular flexibility index (Phi) is 3.90. The van der Waals surface area contributed by atoms with E-state index in [1.807, 2.05) is 0 Å². The van der Waals surface area contributed by atoms with Crippen LogP contribution in [0.4, 0.5) is 17.6 Å². The molecule has 100 valence electrons. The van der Waals surface area contributed by atoms with Gasteiger partial charge in [0.1, 0.15) is 11.8 Å². The van der Waals surface area contributed by atoms with E-state index in [-0.39, 0.29) is 17.8 Å². The second kappa shape index (κ2) is 5.44. The van der Waals surface area contributed by atoms with E-state index in [2.05, 4.69) is 4.98 Å². The summed E-state index contributed by atoms with van der Waals surface area (Å²) in [4.78, 5) is 3.72. The van der Waals surface area contributed by atoms with Crippen molar-refractivity contribution in [3.63, 3.8) is 0 Å². The molecule has 0 aliphatic heterocycles. The third kappa shape index (κ3) is 2.96. The summed E-state index contributed by atoms with van der Waals surface area (Å²) in [7, 11) is 0. The molecule has 1 aromatic heterocycles. The van der Waals surface area contributed by atoms with E-state index in [9.17, 15) is 17.6 Å². The van der Waals surface area contributed by atoms with Crippen LogP contribution in [0.3, 0.4) is 0 Å². The molecular weight excluding hydrogens is 286 g/mol. The number of pyridine rings is 1. The van der Waals surface area contributed by atoms with Gasteiger partial charge in [-0.05, 0) is 6.07 Å². The van der Waals surface area contributed by atoms with Crippen molar-refractivity contribution < 1.29 is 22.3 Å². The van der Waals surface area contributed by atoms with Crippen molar-refractivity contribution >= 4 is 11.6 Å². The molecule has 0 aliphatic rings. The predicted molar refractivity (Wildman–Crippen MR) is 59.9 cm³/mol. The zero-order valence-electron chi connectivity index (χ0n) is 9.26. The molecule has 0 spiro atoms. The smallest absolute Gasteiger partial charge is 0.203 e. The number of aromatic nitrogens is 1. The monoisotopic (exact) mass is 291 g/mol. The van der Waals surface area contributed by atoms with Crippen LogP contribution in [0.5, 0.6) is 5.75 Å². The van der Waals surface area contributed by atoms with Crippen LogP contribution in [0.25, 0.3) is 0 Å². The Bertz CT molecular complexity index is 577. The van der Waals surface area contributed by atoms with E-state index in [0.29, 0.717) is 5.56 Å². The van der Waals surface area contributed by atoms with Crippen LogP contribution >= 0.6 is 11.6 Å². The Hall–Kier alpha value is -1.82. The van der Waals surface area contributed by atoms with Gasteiger partial charge in [0.15, 0.2) is 17.4 Å². The molecule has 1 heterocycles. The van der Waals surface area contributed by atoms with E-state index in [1.165, 1.54) is 18.3 Å². The molecule has 2 rings (SSSR count). The molecule has 0 unspecified atom stereocenters. The highest BCUT2D eigenvalue weighted by Crippen LogP contribution is 2.27. The van der Waals surface area contributed by atoms with Crippen molar-refractivity contribution in [3.05, 3.63) is 58.4 Å². The highest BCUT2D eigenvalue weighted by Gasteiger charge is 2.20. The molecule has 7 heteroatoms. The fourth-order valence-corrected chi connectivity index (χ4v) is 1.44. The third-order valence-corrected chi connectivity index (χ3v) is 2.47. The maximum Gasteiger partial charge on any atom is 0.203 e. The van der Waals surface area contributed by atoms with Gasteiger partial charge in [0, 0.05) is 17.8 Å². The lowest BCUT2D eigenvalue weighted by Crippen LogP contribution is -2.04. The van der Waals surface area contributed by atoms with E-state index in [0.717, 1.165) is 0 Å². The lowest BCUT2D eigenvalue weighted by molar-refractivity contribution is 0.261. The van der Waals surface area contributed by atoms with Gasteiger partial charge in [-0.15, -0.1) is 0 Å². The highest BCUT2D eigenvalue weighted by molar-refractivity contribution is 6.29. The standard InChI is InChI=1S/C12H6ClF4NO/c13-9-2-1-6(4-18-9)5-19-12-10(16)7(14)3-8(15)11(12)17/h1-4H,5H2. The molecule has 0 N–H and O–H groups in total. The molecule has 2 nitrogen and oxygen atoms in total. The lowest BCUT2D eigenvalue weighted by Gasteiger charge is -2.09. The first-order chi connectivity index (χ1) is 8.99. The van der Waals surface area contributed by atoms with Gasteiger partial charge in [0.25, 0.3) is 0 Å². The van der Waals surface area contributed by atoms with Crippen molar-refractivity contribution in [3.8, 4) is 5.75 Å². The molecule has 0 saturated heterocycles. The van der Waals surface area contributed by atoms with Gasteiger partial charge in [0.05, 0.1) is 0 Å². The highest BCUT2D eigenvalue weighted by atomic mass is 35.5. The summed E-state index contributed by atoms with van der Waals surface area (Å²) in [5.41, 5.74) is 0.438. The Morgan fingerprint density at radius 3 is 2.21 bits per heavy atom.